The number of carbonyl (C=O) groups excluding carboxylic acids is 2. The summed E-state index contributed by atoms with van der Waals surface area (Å²) >= 11 is 0. The monoisotopic (exact) mass is 584 g/mol. The van der Waals surface area contributed by atoms with E-state index in [2.05, 4.69) is 10.9 Å². The Bertz CT molecular complexity index is 1100. The number of hydrogen-bond acceptors (Lipinski definition) is 6. The van der Waals surface area contributed by atoms with Crippen molar-refractivity contribution in [2.45, 2.75) is 130 Å². The third-order valence-electron chi connectivity index (χ3n) is 7.33. The van der Waals surface area contributed by atoms with E-state index >= 15 is 0 Å². The molecule has 0 spiro atoms. The van der Waals surface area contributed by atoms with Crippen LogP contribution in [-0.4, -0.2) is 22.3 Å². The average molecular weight is 585 g/mol. The van der Waals surface area contributed by atoms with Gasteiger partial charge in [0.2, 0.25) is 11.8 Å². The van der Waals surface area contributed by atoms with Gasteiger partial charge >= 0.3 is 0 Å². The number of rotatable bonds is 8. The highest BCUT2D eigenvalue weighted by Crippen LogP contribution is 2.42. The number of hydrogen-bond donors (Lipinski definition) is 4. The molecule has 2 aromatic rings. The fraction of sp³-hybridized carbons (Fsp3) is 0.588. The predicted octanol–water partition coefficient (Wildman–Crippen LogP) is 7.29. The van der Waals surface area contributed by atoms with Crippen molar-refractivity contribution < 1.29 is 29.9 Å². The smallest absolute Gasteiger partial charge is 0.238 e. The minimum atomic E-state index is -0.296. The Balaban J connectivity index is 2.09. The van der Waals surface area contributed by atoms with Gasteiger partial charge in [0.15, 0.2) is 11.5 Å². The molecule has 0 saturated heterocycles. The third kappa shape index (κ3) is 9.20. The van der Waals surface area contributed by atoms with Gasteiger partial charge in [-0.1, -0.05) is 107 Å². The SMILES string of the molecule is CC(C)(C)c1cc(CCC(=O)NNC(=O)CCc2cc(C(C)(C)C)c(OO)c(C(C)(C)C)c2)cc(C(C)(C)C)c1OO. The Morgan fingerprint density at radius 1 is 0.548 bits per heavy atom. The number of amides is 2. The zero-order valence-corrected chi connectivity index (χ0v) is 27.7. The van der Waals surface area contributed by atoms with Gasteiger partial charge in [-0.05, 0) is 45.6 Å². The second kappa shape index (κ2) is 13.0. The van der Waals surface area contributed by atoms with Crippen LogP contribution in [0.25, 0.3) is 0 Å². The standard InChI is InChI=1S/C34H52N2O6/c1-31(2,3)23-17-21(18-24(29(23)41-39)32(4,5)6)13-15-27(37)35-36-28(38)16-14-22-19-25(33(7,8)9)30(42-40)26(20-22)34(10,11)12/h17-20,39-40H,13-16H2,1-12H3,(H,35,37)(H,36,38). The second-order valence-electron chi connectivity index (χ2n) is 15.3. The van der Waals surface area contributed by atoms with Crippen molar-refractivity contribution in [1.82, 2.24) is 10.9 Å². The van der Waals surface area contributed by atoms with Crippen molar-refractivity contribution in [1.29, 1.82) is 0 Å². The average Bonchev–Trinajstić information content (AvgIpc) is 2.86. The normalized spacial score (nSPS) is 12.6. The first-order valence-corrected chi connectivity index (χ1v) is 14.7. The first-order chi connectivity index (χ1) is 19.1. The van der Waals surface area contributed by atoms with Gasteiger partial charge in [-0.2, -0.15) is 0 Å². The molecule has 0 aromatic heterocycles. The molecule has 0 heterocycles. The van der Waals surface area contributed by atoms with Crippen LogP contribution in [0.1, 0.15) is 129 Å². The van der Waals surface area contributed by atoms with E-state index in [1.165, 1.54) is 0 Å². The lowest BCUT2D eigenvalue weighted by molar-refractivity contribution is -0.140. The molecule has 8 nitrogen and oxygen atoms in total. The molecule has 42 heavy (non-hydrogen) atoms. The molecule has 0 aliphatic carbocycles. The molecule has 0 atom stereocenters. The summed E-state index contributed by atoms with van der Waals surface area (Å²) < 4.78 is 0. The van der Waals surface area contributed by atoms with Gasteiger partial charge in [0.1, 0.15) is 0 Å². The molecule has 0 radical (unpaired) electrons. The lowest BCUT2D eigenvalue weighted by atomic mass is 9.78. The molecule has 2 rings (SSSR count). The quantitative estimate of drug-likeness (QED) is 0.191. The summed E-state index contributed by atoms with van der Waals surface area (Å²) in [4.78, 5) is 35.0. The van der Waals surface area contributed by atoms with Gasteiger partial charge in [-0.15, -0.1) is 0 Å². The fourth-order valence-electron chi connectivity index (χ4n) is 4.87. The minimum Gasteiger partial charge on any atom is -0.340 e. The lowest BCUT2D eigenvalue weighted by Gasteiger charge is -2.29. The molecule has 8 heteroatoms. The fourth-order valence-corrected chi connectivity index (χ4v) is 4.87. The third-order valence-corrected chi connectivity index (χ3v) is 7.33. The molecule has 2 aromatic carbocycles. The van der Waals surface area contributed by atoms with E-state index in [1.807, 2.05) is 107 Å². The molecule has 2 amide bonds. The molecule has 0 aliphatic rings. The summed E-state index contributed by atoms with van der Waals surface area (Å²) in [5.41, 5.74) is 9.31. The van der Waals surface area contributed by atoms with Crippen LogP contribution in [0.5, 0.6) is 11.5 Å². The lowest BCUT2D eigenvalue weighted by Crippen LogP contribution is -2.41. The highest BCUT2D eigenvalue weighted by molar-refractivity contribution is 5.82. The number of aryl methyl sites for hydroxylation is 2. The largest absolute Gasteiger partial charge is 0.340 e. The maximum absolute atomic E-state index is 12.6. The van der Waals surface area contributed by atoms with Crippen molar-refractivity contribution >= 4 is 11.8 Å². The van der Waals surface area contributed by atoms with Crippen molar-refractivity contribution in [2.24, 2.45) is 0 Å². The molecule has 0 unspecified atom stereocenters. The second-order valence-corrected chi connectivity index (χ2v) is 15.3. The van der Waals surface area contributed by atoms with Gasteiger partial charge in [-0.25, -0.2) is 10.5 Å². The van der Waals surface area contributed by atoms with E-state index in [4.69, 9.17) is 9.78 Å². The topological polar surface area (TPSA) is 117 Å². The number of nitrogens with one attached hydrogen (secondary N) is 2. The zero-order chi connectivity index (χ0) is 32.3. The summed E-state index contributed by atoms with van der Waals surface area (Å²) in [5, 5.41) is 19.4. The van der Waals surface area contributed by atoms with Gasteiger partial charge in [0, 0.05) is 35.1 Å². The van der Waals surface area contributed by atoms with E-state index in [0.29, 0.717) is 24.3 Å². The Kier molecular flexibility index (Phi) is 10.9. The summed E-state index contributed by atoms with van der Waals surface area (Å²) in [7, 11) is 0. The summed E-state index contributed by atoms with van der Waals surface area (Å²) in [6.07, 6.45) is 1.28. The van der Waals surface area contributed by atoms with Gasteiger partial charge < -0.3 is 9.78 Å². The highest BCUT2D eigenvalue weighted by Gasteiger charge is 2.30. The number of benzene rings is 2. The predicted molar refractivity (Wildman–Crippen MR) is 167 cm³/mol. The van der Waals surface area contributed by atoms with E-state index in [9.17, 15) is 20.1 Å². The van der Waals surface area contributed by atoms with Crippen LogP contribution in [0.3, 0.4) is 0 Å². The Labute approximate surface area is 252 Å². The zero-order valence-electron chi connectivity index (χ0n) is 27.7. The first-order valence-electron chi connectivity index (χ1n) is 14.7. The molecule has 0 fully saturated rings. The maximum Gasteiger partial charge on any atom is 0.238 e. The summed E-state index contributed by atoms with van der Waals surface area (Å²) in [6, 6.07) is 7.88. The molecule has 0 bridgehead atoms. The van der Waals surface area contributed by atoms with Crippen LogP contribution < -0.4 is 20.6 Å². The van der Waals surface area contributed by atoms with Crippen molar-refractivity contribution in [2.75, 3.05) is 0 Å². The van der Waals surface area contributed by atoms with Crippen LogP contribution in [0.2, 0.25) is 0 Å². The van der Waals surface area contributed by atoms with E-state index in [1.54, 1.807) is 0 Å². The van der Waals surface area contributed by atoms with Gasteiger partial charge in [-0.3, -0.25) is 20.4 Å². The van der Waals surface area contributed by atoms with E-state index < -0.39 is 0 Å². The Hall–Kier alpha value is -3.10. The van der Waals surface area contributed by atoms with E-state index in [0.717, 1.165) is 33.4 Å². The summed E-state index contributed by atoms with van der Waals surface area (Å²) in [6.45, 7) is 24.6. The molecule has 0 saturated carbocycles. The highest BCUT2D eigenvalue weighted by atomic mass is 17.1. The molecule has 4 N–H and O–H groups in total. The first kappa shape index (κ1) is 35.1. The molecular formula is C34H52N2O6. The summed E-state index contributed by atoms with van der Waals surface area (Å²) in [5.74, 6) is 0.321. The van der Waals surface area contributed by atoms with Crippen molar-refractivity contribution in [3.8, 4) is 11.5 Å². The number of hydrazine groups is 1. The van der Waals surface area contributed by atoms with E-state index in [-0.39, 0.29) is 46.3 Å². The minimum absolute atomic E-state index is 0.180. The molecule has 0 aliphatic heterocycles. The Morgan fingerprint density at radius 2 is 0.786 bits per heavy atom. The maximum atomic E-state index is 12.6. The van der Waals surface area contributed by atoms with Gasteiger partial charge in [0.25, 0.3) is 0 Å². The number of carbonyl (C=O) groups is 2. The van der Waals surface area contributed by atoms with Crippen LogP contribution in [-0.2, 0) is 44.1 Å². The van der Waals surface area contributed by atoms with Crippen molar-refractivity contribution in [3.63, 3.8) is 0 Å². The molecular weight excluding hydrogens is 532 g/mol. The van der Waals surface area contributed by atoms with Crippen LogP contribution in [0, 0.1) is 0 Å². The van der Waals surface area contributed by atoms with Gasteiger partial charge in [0.05, 0.1) is 0 Å². The van der Waals surface area contributed by atoms with Crippen molar-refractivity contribution in [3.05, 3.63) is 57.6 Å². The molecule has 234 valence electrons. The Morgan fingerprint density at radius 3 is 0.976 bits per heavy atom. The van der Waals surface area contributed by atoms with Crippen LogP contribution in [0.15, 0.2) is 24.3 Å². The van der Waals surface area contributed by atoms with Crippen LogP contribution >= 0.6 is 0 Å². The van der Waals surface area contributed by atoms with Crippen LogP contribution in [0.4, 0.5) is 0 Å².